The van der Waals surface area contributed by atoms with Gasteiger partial charge in [0.1, 0.15) is 17.6 Å². The van der Waals surface area contributed by atoms with Gasteiger partial charge in [-0.05, 0) is 29.6 Å². The van der Waals surface area contributed by atoms with E-state index < -0.39 is 17.8 Å². The van der Waals surface area contributed by atoms with Crippen molar-refractivity contribution in [2.24, 2.45) is 0 Å². The number of carbonyl (C=O) groups excluding carboxylic acids is 1. The summed E-state index contributed by atoms with van der Waals surface area (Å²) >= 11 is 1.54. The van der Waals surface area contributed by atoms with Crippen LogP contribution < -0.4 is 5.32 Å². The number of nitrogens with one attached hydrogen (secondary N) is 1. The van der Waals surface area contributed by atoms with E-state index in [0.29, 0.717) is 6.54 Å². The highest BCUT2D eigenvalue weighted by Gasteiger charge is 2.24. The van der Waals surface area contributed by atoms with E-state index in [1.807, 2.05) is 17.5 Å². The fraction of sp³-hybridized carbons (Fsp3) is 0.214. The summed E-state index contributed by atoms with van der Waals surface area (Å²) in [5.41, 5.74) is 0.161. The molecule has 0 aliphatic rings. The molecule has 20 heavy (non-hydrogen) atoms. The molecule has 0 aliphatic carbocycles. The Balaban J connectivity index is 2.22. The van der Waals surface area contributed by atoms with E-state index in [2.05, 4.69) is 5.32 Å². The number of phenols is 1. The van der Waals surface area contributed by atoms with E-state index >= 15 is 0 Å². The average molecular weight is 295 g/mol. The molecule has 6 heteroatoms. The predicted molar refractivity (Wildman–Crippen MR) is 74.0 cm³/mol. The van der Waals surface area contributed by atoms with Gasteiger partial charge < -0.3 is 9.84 Å². The molecule has 0 aliphatic heterocycles. The predicted octanol–water partition coefficient (Wildman–Crippen LogP) is 2.60. The van der Waals surface area contributed by atoms with Gasteiger partial charge in [-0.25, -0.2) is 9.18 Å². The van der Waals surface area contributed by atoms with Crippen LogP contribution in [0, 0.1) is 5.82 Å². The number of thiophene rings is 1. The van der Waals surface area contributed by atoms with Crippen molar-refractivity contribution in [3.63, 3.8) is 0 Å². The molecule has 2 rings (SSSR count). The largest absolute Gasteiger partial charge is 0.508 e. The molecule has 2 aromatic rings. The highest BCUT2D eigenvalue weighted by molar-refractivity contribution is 7.09. The van der Waals surface area contributed by atoms with Crippen LogP contribution in [0.15, 0.2) is 35.7 Å². The highest BCUT2D eigenvalue weighted by atomic mass is 32.1. The van der Waals surface area contributed by atoms with Crippen LogP contribution in [-0.2, 0) is 16.1 Å². The first-order valence-electron chi connectivity index (χ1n) is 5.94. The van der Waals surface area contributed by atoms with Gasteiger partial charge in [0.15, 0.2) is 0 Å². The summed E-state index contributed by atoms with van der Waals surface area (Å²) in [6.07, 6.45) is 0. The monoisotopic (exact) mass is 295 g/mol. The van der Waals surface area contributed by atoms with Crippen LogP contribution in [0.1, 0.15) is 16.5 Å². The summed E-state index contributed by atoms with van der Waals surface area (Å²) in [7, 11) is 1.25. The van der Waals surface area contributed by atoms with Crippen LogP contribution in [0.3, 0.4) is 0 Å². The highest BCUT2D eigenvalue weighted by Crippen LogP contribution is 2.26. The molecule has 1 unspecified atom stereocenters. The lowest BCUT2D eigenvalue weighted by molar-refractivity contribution is -0.143. The van der Waals surface area contributed by atoms with Crippen molar-refractivity contribution in [2.75, 3.05) is 7.11 Å². The molecule has 1 aromatic carbocycles. The van der Waals surface area contributed by atoms with Gasteiger partial charge in [0.2, 0.25) is 0 Å². The van der Waals surface area contributed by atoms with Crippen LogP contribution in [0.4, 0.5) is 4.39 Å². The second-order valence-corrected chi connectivity index (χ2v) is 5.15. The molecule has 2 N–H and O–H groups in total. The van der Waals surface area contributed by atoms with Gasteiger partial charge in [0.25, 0.3) is 0 Å². The third-order valence-corrected chi connectivity index (χ3v) is 3.67. The zero-order valence-corrected chi connectivity index (χ0v) is 11.6. The number of carbonyl (C=O) groups is 1. The Morgan fingerprint density at radius 2 is 2.30 bits per heavy atom. The summed E-state index contributed by atoms with van der Waals surface area (Å²) in [6, 6.07) is 6.36. The number of benzene rings is 1. The van der Waals surface area contributed by atoms with Crippen molar-refractivity contribution in [3.8, 4) is 5.75 Å². The third-order valence-electron chi connectivity index (χ3n) is 2.80. The normalized spacial score (nSPS) is 12.1. The van der Waals surface area contributed by atoms with Crippen LogP contribution in [-0.4, -0.2) is 18.2 Å². The van der Waals surface area contributed by atoms with Gasteiger partial charge in [-0.2, -0.15) is 0 Å². The first kappa shape index (κ1) is 14.5. The zero-order chi connectivity index (χ0) is 14.5. The Morgan fingerprint density at radius 3 is 2.95 bits per heavy atom. The molecule has 0 saturated carbocycles. The number of ether oxygens (including phenoxy) is 1. The Bertz CT molecular complexity index is 586. The molecule has 0 saturated heterocycles. The Morgan fingerprint density at radius 1 is 1.50 bits per heavy atom. The Kier molecular flexibility index (Phi) is 4.70. The third kappa shape index (κ3) is 3.34. The number of hydrogen-bond donors (Lipinski definition) is 2. The average Bonchev–Trinajstić information content (AvgIpc) is 2.95. The first-order chi connectivity index (χ1) is 9.61. The SMILES string of the molecule is COC(=O)C(NCc1cccs1)c1cc(F)ccc1O. The molecule has 1 aromatic heterocycles. The van der Waals surface area contributed by atoms with Gasteiger partial charge in [-0.15, -0.1) is 11.3 Å². The molecule has 0 radical (unpaired) electrons. The van der Waals surface area contributed by atoms with E-state index in [1.54, 1.807) is 0 Å². The standard InChI is InChI=1S/C14H14FNO3S/c1-19-14(18)13(16-8-10-3-2-6-20-10)11-7-9(15)4-5-12(11)17/h2-7,13,16-17H,8H2,1H3. The summed E-state index contributed by atoms with van der Waals surface area (Å²) < 4.78 is 18.0. The lowest BCUT2D eigenvalue weighted by Crippen LogP contribution is -2.29. The van der Waals surface area contributed by atoms with Gasteiger partial charge >= 0.3 is 5.97 Å². The number of halogens is 1. The minimum atomic E-state index is -0.919. The Labute approximate surface area is 119 Å². The fourth-order valence-electron chi connectivity index (χ4n) is 1.81. The molecule has 0 bridgehead atoms. The summed E-state index contributed by atoms with van der Waals surface area (Å²) in [6.45, 7) is 0.424. The second-order valence-electron chi connectivity index (χ2n) is 4.12. The van der Waals surface area contributed by atoms with Crippen LogP contribution >= 0.6 is 11.3 Å². The molecular weight excluding hydrogens is 281 g/mol. The van der Waals surface area contributed by atoms with E-state index in [0.717, 1.165) is 17.0 Å². The number of hydrogen-bond acceptors (Lipinski definition) is 5. The van der Waals surface area contributed by atoms with Crippen molar-refractivity contribution in [2.45, 2.75) is 12.6 Å². The molecule has 106 valence electrons. The number of methoxy groups -OCH3 is 1. The summed E-state index contributed by atoms with van der Waals surface area (Å²) in [4.78, 5) is 12.8. The first-order valence-corrected chi connectivity index (χ1v) is 6.82. The van der Waals surface area contributed by atoms with Crippen molar-refractivity contribution in [3.05, 3.63) is 52.0 Å². The second kappa shape index (κ2) is 6.49. The van der Waals surface area contributed by atoms with Gasteiger partial charge in [-0.1, -0.05) is 6.07 Å². The molecule has 0 fully saturated rings. The van der Waals surface area contributed by atoms with Crippen molar-refractivity contribution in [1.29, 1.82) is 0 Å². The van der Waals surface area contributed by atoms with E-state index in [4.69, 9.17) is 4.74 Å². The zero-order valence-electron chi connectivity index (χ0n) is 10.8. The van der Waals surface area contributed by atoms with E-state index in [-0.39, 0.29) is 11.3 Å². The minimum Gasteiger partial charge on any atom is -0.508 e. The lowest BCUT2D eigenvalue weighted by Gasteiger charge is -2.17. The minimum absolute atomic E-state index is 0.152. The maximum Gasteiger partial charge on any atom is 0.327 e. The van der Waals surface area contributed by atoms with E-state index in [9.17, 15) is 14.3 Å². The Hall–Kier alpha value is -1.92. The number of aromatic hydroxyl groups is 1. The number of rotatable bonds is 5. The van der Waals surface area contributed by atoms with Crippen LogP contribution in [0.5, 0.6) is 5.75 Å². The van der Waals surface area contributed by atoms with Crippen molar-refractivity contribution < 1.29 is 19.0 Å². The molecule has 1 heterocycles. The molecular formula is C14H14FNO3S. The quantitative estimate of drug-likeness (QED) is 0.833. The van der Waals surface area contributed by atoms with Crippen LogP contribution in [0.25, 0.3) is 0 Å². The molecule has 0 amide bonds. The number of esters is 1. The maximum atomic E-state index is 13.3. The summed E-state index contributed by atoms with van der Waals surface area (Å²) in [5, 5.41) is 14.7. The van der Waals surface area contributed by atoms with Crippen LogP contribution in [0.2, 0.25) is 0 Å². The lowest BCUT2D eigenvalue weighted by atomic mass is 10.1. The van der Waals surface area contributed by atoms with Gasteiger partial charge in [-0.3, -0.25) is 5.32 Å². The molecule has 1 atom stereocenters. The maximum absolute atomic E-state index is 13.3. The molecule has 4 nitrogen and oxygen atoms in total. The fourth-order valence-corrected chi connectivity index (χ4v) is 2.47. The van der Waals surface area contributed by atoms with Gasteiger partial charge in [0, 0.05) is 17.0 Å². The van der Waals surface area contributed by atoms with Gasteiger partial charge in [0.05, 0.1) is 7.11 Å². The topological polar surface area (TPSA) is 58.6 Å². The van der Waals surface area contributed by atoms with Crippen molar-refractivity contribution in [1.82, 2.24) is 5.32 Å². The van der Waals surface area contributed by atoms with Crippen molar-refractivity contribution >= 4 is 17.3 Å². The van der Waals surface area contributed by atoms with E-state index in [1.165, 1.54) is 24.5 Å². The number of phenolic OH excluding ortho intramolecular Hbond substituents is 1. The smallest absolute Gasteiger partial charge is 0.327 e. The molecule has 0 spiro atoms. The summed E-state index contributed by atoms with van der Waals surface area (Å²) in [5.74, 6) is -1.26.